The van der Waals surface area contributed by atoms with E-state index in [1.54, 1.807) is 0 Å². The largest absolute Gasteiger partial charge is 0.307 e. The first-order chi connectivity index (χ1) is 8.36. The maximum atomic E-state index is 3.85. The zero-order chi connectivity index (χ0) is 11.7. The average molecular weight is 229 g/mol. The number of hydrogen-bond donors (Lipinski definition) is 1. The molecule has 0 aromatic heterocycles. The zero-order valence-electron chi connectivity index (χ0n) is 10.8. The van der Waals surface area contributed by atoms with Crippen molar-refractivity contribution >= 4 is 0 Å². The van der Waals surface area contributed by atoms with Gasteiger partial charge in [0.2, 0.25) is 0 Å². The van der Waals surface area contributed by atoms with Crippen LogP contribution in [0.2, 0.25) is 0 Å². The highest BCUT2D eigenvalue weighted by atomic mass is 15.0. The smallest absolute Gasteiger partial charge is 0.0325 e. The van der Waals surface area contributed by atoms with E-state index in [1.165, 1.54) is 43.2 Å². The van der Waals surface area contributed by atoms with Gasteiger partial charge in [-0.15, -0.1) is 0 Å². The van der Waals surface area contributed by atoms with E-state index in [-0.39, 0.29) is 0 Å². The third-order valence-electron chi connectivity index (χ3n) is 4.65. The fourth-order valence-corrected chi connectivity index (χ4v) is 3.56. The van der Waals surface area contributed by atoms with Crippen LogP contribution in [0, 0.1) is 5.92 Å². The van der Waals surface area contributed by atoms with Crippen LogP contribution in [0.25, 0.3) is 0 Å². The Labute approximate surface area is 105 Å². The van der Waals surface area contributed by atoms with Crippen LogP contribution in [0.3, 0.4) is 0 Å². The Hall–Kier alpha value is -0.820. The molecular weight excluding hydrogens is 206 g/mol. The van der Waals surface area contributed by atoms with Crippen LogP contribution in [-0.4, -0.2) is 6.04 Å². The van der Waals surface area contributed by atoms with Gasteiger partial charge in [0, 0.05) is 12.1 Å². The summed E-state index contributed by atoms with van der Waals surface area (Å²) >= 11 is 0. The van der Waals surface area contributed by atoms with Crippen molar-refractivity contribution in [1.82, 2.24) is 5.32 Å². The van der Waals surface area contributed by atoms with Crippen molar-refractivity contribution in [3.8, 4) is 0 Å². The van der Waals surface area contributed by atoms with Crippen LogP contribution < -0.4 is 5.32 Å². The predicted octanol–water partition coefficient (Wildman–Crippen LogP) is 3.84. The van der Waals surface area contributed by atoms with Crippen LogP contribution in [0.15, 0.2) is 24.3 Å². The molecule has 1 aliphatic heterocycles. The first kappa shape index (κ1) is 11.3. The summed E-state index contributed by atoms with van der Waals surface area (Å²) in [5, 5.41) is 3.85. The molecule has 1 aromatic carbocycles. The zero-order valence-corrected chi connectivity index (χ0v) is 10.8. The second-order valence-electron chi connectivity index (χ2n) is 5.70. The molecule has 3 rings (SSSR count). The molecule has 1 aliphatic carbocycles. The van der Waals surface area contributed by atoms with Crippen molar-refractivity contribution in [2.75, 3.05) is 0 Å². The number of nitrogens with one attached hydrogen (secondary N) is 1. The fourth-order valence-electron chi connectivity index (χ4n) is 3.56. The Morgan fingerprint density at radius 3 is 2.59 bits per heavy atom. The molecule has 1 saturated carbocycles. The monoisotopic (exact) mass is 229 g/mol. The van der Waals surface area contributed by atoms with Crippen LogP contribution in [0.5, 0.6) is 0 Å². The highest BCUT2D eigenvalue weighted by Gasteiger charge is 2.35. The van der Waals surface area contributed by atoms with Crippen molar-refractivity contribution in [2.24, 2.45) is 5.92 Å². The van der Waals surface area contributed by atoms with Gasteiger partial charge in [-0.1, -0.05) is 44.0 Å². The van der Waals surface area contributed by atoms with E-state index in [0.29, 0.717) is 6.04 Å². The molecule has 0 amide bonds. The molecule has 1 aromatic rings. The Morgan fingerprint density at radius 1 is 1.12 bits per heavy atom. The molecule has 92 valence electrons. The molecule has 1 heteroatoms. The summed E-state index contributed by atoms with van der Waals surface area (Å²) in [5.41, 5.74) is 2.95. The molecule has 3 unspecified atom stereocenters. The summed E-state index contributed by atoms with van der Waals surface area (Å²) in [6, 6.07) is 10.7. The van der Waals surface area contributed by atoms with Gasteiger partial charge in [-0.05, 0) is 42.7 Å². The lowest BCUT2D eigenvalue weighted by atomic mass is 9.84. The minimum Gasteiger partial charge on any atom is -0.307 e. The third kappa shape index (κ3) is 2.26. The molecular formula is C16H23N. The Morgan fingerprint density at radius 2 is 1.88 bits per heavy atom. The van der Waals surface area contributed by atoms with Gasteiger partial charge in [-0.2, -0.15) is 0 Å². The molecule has 1 nitrogen and oxygen atoms in total. The van der Waals surface area contributed by atoms with Crippen molar-refractivity contribution in [2.45, 2.75) is 57.5 Å². The minimum atomic E-state index is 0.619. The summed E-state index contributed by atoms with van der Waals surface area (Å²) in [5.74, 6) is 0.944. The molecule has 2 aliphatic rings. The lowest BCUT2D eigenvalue weighted by molar-refractivity contribution is 0.325. The van der Waals surface area contributed by atoms with Crippen molar-refractivity contribution in [3.05, 3.63) is 35.4 Å². The fraction of sp³-hybridized carbons (Fsp3) is 0.625. The standard InChI is InChI=1S/C16H23N/c1-2-12-7-9-13(10-8-12)16-11-14-5-3-4-6-15(14)17-16/h7-10,14-17H,2-6,11H2,1H3. The van der Waals surface area contributed by atoms with Crippen molar-refractivity contribution in [1.29, 1.82) is 0 Å². The normalized spacial score (nSPS) is 32.4. The number of hydrogen-bond acceptors (Lipinski definition) is 1. The van der Waals surface area contributed by atoms with Crippen molar-refractivity contribution in [3.63, 3.8) is 0 Å². The first-order valence-corrected chi connectivity index (χ1v) is 7.21. The highest BCUT2D eigenvalue weighted by Crippen LogP contribution is 2.38. The molecule has 1 N–H and O–H groups in total. The second-order valence-corrected chi connectivity index (χ2v) is 5.70. The van der Waals surface area contributed by atoms with Crippen LogP contribution >= 0.6 is 0 Å². The molecule has 1 heterocycles. The van der Waals surface area contributed by atoms with E-state index < -0.39 is 0 Å². The van der Waals surface area contributed by atoms with Gasteiger partial charge in [0.05, 0.1) is 0 Å². The number of fused-ring (bicyclic) bond motifs is 1. The van der Waals surface area contributed by atoms with Gasteiger partial charge in [-0.3, -0.25) is 0 Å². The molecule has 0 radical (unpaired) electrons. The Kier molecular flexibility index (Phi) is 3.19. The van der Waals surface area contributed by atoms with E-state index in [1.807, 2.05) is 0 Å². The molecule has 17 heavy (non-hydrogen) atoms. The molecule has 2 fully saturated rings. The maximum Gasteiger partial charge on any atom is 0.0325 e. The highest BCUT2D eigenvalue weighted by molar-refractivity contribution is 5.26. The molecule has 1 saturated heterocycles. The molecule has 0 spiro atoms. The van der Waals surface area contributed by atoms with E-state index in [2.05, 4.69) is 36.5 Å². The van der Waals surface area contributed by atoms with Crippen LogP contribution in [0.1, 0.15) is 56.2 Å². The SMILES string of the molecule is CCc1ccc(C2CC3CCCCC3N2)cc1. The summed E-state index contributed by atoms with van der Waals surface area (Å²) in [4.78, 5) is 0. The van der Waals surface area contributed by atoms with Gasteiger partial charge in [0.1, 0.15) is 0 Å². The lowest BCUT2D eigenvalue weighted by Gasteiger charge is -2.24. The van der Waals surface area contributed by atoms with E-state index in [9.17, 15) is 0 Å². The Bertz CT molecular complexity index is 354. The van der Waals surface area contributed by atoms with Gasteiger partial charge in [-0.25, -0.2) is 0 Å². The van der Waals surface area contributed by atoms with Gasteiger partial charge in [0.15, 0.2) is 0 Å². The van der Waals surface area contributed by atoms with E-state index in [4.69, 9.17) is 0 Å². The average Bonchev–Trinajstić information content (AvgIpc) is 2.82. The summed E-state index contributed by atoms with van der Waals surface area (Å²) in [6.45, 7) is 2.22. The third-order valence-corrected chi connectivity index (χ3v) is 4.65. The predicted molar refractivity (Wildman–Crippen MR) is 72.1 cm³/mol. The molecule has 3 atom stereocenters. The summed E-state index contributed by atoms with van der Waals surface area (Å²) in [6.07, 6.45) is 8.22. The maximum absolute atomic E-state index is 3.85. The number of rotatable bonds is 2. The summed E-state index contributed by atoms with van der Waals surface area (Å²) < 4.78 is 0. The second kappa shape index (κ2) is 4.81. The van der Waals surface area contributed by atoms with Gasteiger partial charge < -0.3 is 5.32 Å². The van der Waals surface area contributed by atoms with Gasteiger partial charge in [0.25, 0.3) is 0 Å². The van der Waals surface area contributed by atoms with E-state index in [0.717, 1.165) is 18.4 Å². The minimum absolute atomic E-state index is 0.619. The lowest BCUT2D eigenvalue weighted by Crippen LogP contribution is -2.30. The number of aryl methyl sites for hydroxylation is 1. The van der Waals surface area contributed by atoms with Crippen LogP contribution in [0.4, 0.5) is 0 Å². The van der Waals surface area contributed by atoms with Crippen LogP contribution in [-0.2, 0) is 6.42 Å². The quantitative estimate of drug-likeness (QED) is 0.812. The first-order valence-electron chi connectivity index (χ1n) is 7.21. The Balaban J connectivity index is 1.72. The van der Waals surface area contributed by atoms with Gasteiger partial charge >= 0.3 is 0 Å². The molecule has 0 bridgehead atoms. The number of benzene rings is 1. The summed E-state index contributed by atoms with van der Waals surface area (Å²) in [7, 11) is 0. The van der Waals surface area contributed by atoms with Crippen molar-refractivity contribution < 1.29 is 0 Å². The van der Waals surface area contributed by atoms with E-state index >= 15 is 0 Å². The topological polar surface area (TPSA) is 12.0 Å².